The lowest BCUT2D eigenvalue weighted by atomic mass is 10.2. The number of carbonyl (C=O) groups is 1. The third-order valence-electron chi connectivity index (χ3n) is 1.81. The molecular weight excluding hydrogens is 197 g/mol. The Hall–Kier alpha value is -1.58. The molecular formula is C11H14FNO2. The number of carbonyl (C=O) groups excluding carboxylic acids is 1. The maximum atomic E-state index is 12.0. The molecule has 1 aromatic rings. The molecule has 1 atom stereocenters. The number of amides is 1. The van der Waals surface area contributed by atoms with Crippen molar-refractivity contribution in [3.05, 3.63) is 35.9 Å². The number of alkyl carbamates (subject to hydrolysis) is 1. The molecule has 1 rings (SSSR count). The molecule has 3 nitrogen and oxygen atoms in total. The number of alkyl halides is 1. The molecule has 0 aliphatic rings. The van der Waals surface area contributed by atoms with Crippen molar-refractivity contribution in [1.29, 1.82) is 0 Å². The van der Waals surface area contributed by atoms with Crippen LogP contribution in [0.1, 0.15) is 12.5 Å². The average molecular weight is 211 g/mol. The number of ether oxygens (including phenoxy) is 1. The number of hydrogen-bond donors (Lipinski definition) is 1. The number of rotatable bonds is 4. The van der Waals surface area contributed by atoms with E-state index in [1.807, 2.05) is 30.3 Å². The number of halogens is 1. The number of benzene rings is 1. The molecule has 0 aromatic heterocycles. The van der Waals surface area contributed by atoms with E-state index in [1.165, 1.54) is 0 Å². The van der Waals surface area contributed by atoms with Crippen LogP contribution in [0.4, 0.5) is 9.18 Å². The van der Waals surface area contributed by atoms with Crippen molar-refractivity contribution in [2.45, 2.75) is 19.6 Å². The van der Waals surface area contributed by atoms with E-state index >= 15 is 0 Å². The smallest absolute Gasteiger partial charge is 0.407 e. The van der Waals surface area contributed by atoms with E-state index in [1.54, 1.807) is 6.92 Å². The first-order chi connectivity index (χ1) is 7.22. The zero-order chi connectivity index (χ0) is 11.1. The van der Waals surface area contributed by atoms with Gasteiger partial charge in [0.2, 0.25) is 0 Å². The van der Waals surface area contributed by atoms with Crippen LogP contribution in [0.25, 0.3) is 0 Å². The minimum Gasteiger partial charge on any atom is -0.445 e. The third kappa shape index (κ3) is 4.44. The van der Waals surface area contributed by atoms with Gasteiger partial charge in [0.05, 0.1) is 6.04 Å². The Kier molecular flexibility index (Phi) is 4.60. The first kappa shape index (κ1) is 11.5. The van der Waals surface area contributed by atoms with E-state index in [0.717, 1.165) is 5.56 Å². The summed E-state index contributed by atoms with van der Waals surface area (Å²) < 4.78 is 16.9. The lowest BCUT2D eigenvalue weighted by Crippen LogP contribution is -2.34. The minimum absolute atomic E-state index is 0.200. The van der Waals surface area contributed by atoms with Crippen LogP contribution in [0, 0.1) is 0 Å². The number of hydrogen-bond acceptors (Lipinski definition) is 2. The summed E-state index contributed by atoms with van der Waals surface area (Å²) in [4.78, 5) is 11.1. The van der Waals surface area contributed by atoms with Crippen molar-refractivity contribution >= 4 is 6.09 Å². The molecule has 1 amide bonds. The fourth-order valence-electron chi connectivity index (χ4n) is 1.00. The summed E-state index contributed by atoms with van der Waals surface area (Å²) in [5.74, 6) is 0. The van der Waals surface area contributed by atoms with Gasteiger partial charge in [0.25, 0.3) is 0 Å². The Morgan fingerprint density at radius 3 is 2.73 bits per heavy atom. The summed E-state index contributed by atoms with van der Waals surface area (Å²) in [5.41, 5.74) is 0.903. The molecule has 0 bridgehead atoms. The van der Waals surface area contributed by atoms with Gasteiger partial charge in [0, 0.05) is 0 Å². The molecule has 0 radical (unpaired) electrons. The zero-order valence-electron chi connectivity index (χ0n) is 8.57. The van der Waals surface area contributed by atoms with Crippen LogP contribution in [0.2, 0.25) is 0 Å². The standard InChI is InChI=1S/C11H14FNO2/c1-9(7-12)13-11(14)15-8-10-5-3-2-4-6-10/h2-6,9H,7-8H2,1H3,(H,13,14)/t9-/m1/s1. The van der Waals surface area contributed by atoms with Crippen LogP contribution in [0.3, 0.4) is 0 Å². The van der Waals surface area contributed by atoms with Crippen molar-refractivity contribution in [3.8, 4) is 0 Å². The van der Waals surface area contributed by atoms with Crippen LogP contribution < -0.4 is 5.32 Å². The van der Waals surface area contributed by atoms with E-state index < -0.39 is 18.8 Å². The largest absolute Gasteiger partial charge is 0.445 e. The van der Waals surface area contributed by atoms with Crippen LogP contribution in [-0.2, 0) is 11.3 Å². The summed E-state index contributed by atoms with van der Waals surface area (Å²) in [6.45, 7) is 1.18. The van der Waals surface area contributed by atoms with Gasteiger partial charge in [-0.1, -0.05) is 30.3 Å². The molecule has 0 spiro atoms. The van der Waals surface area contributed by atoms with Crippen LogP contribution in [-0.4, -0.2) is 18.8 Å². The fourth-order valence-corrected chi connectivity index (χ4v) is 1.00. The minimum atomic E-state index is -0.597. The molecule has 0 saturated heterocycles. The molecule has 4 heteroatoms. The maximum absolute atomic E-state index is 12.0. The third-order valence-corrected chi connectivity index (χ3v) is 1.81. The monoisotopic (exact) mass is 211 g/mol. The SMILES string of the molecule is C[C@H](CF)NC(=O)OCc1ccccc1. The van der Waals surface area contributed by atoms with Crippen LogP contribution >= 0.6 is 0 Å². The Bertz CT molecular complexity index is 303. The Labute approximate surface area is 88.2 Å². The molecule has 1 N–H and O–H groups in total. The van der Waals surface area contributed by atoms with Crippen molar-refractivity contribution < 1.29 is 13.9 Å². The predicted molar refractivity (Wildman–Crippen MR) is 55.2 cm³/mol. The maximum Gasteiger partial charge on any atom is 0.407 e. The Morgan fingerprint density at radius 2 is 2.13 bits per heavy atom. The highest BCUT2D eigenvalue weighted by atomic mass is 19.1. The van der Waals surface area contributed by atoms with Gasteiger partial charge in [-0.2, -0.15) is 0 Å². The van der Waals surface area contributed by atoms with Crippen molar-refractivity contribution in [3.63, 3.8) is 0 Å². The summed E-state index contributed by atoms with van der Waals surface area (Å²) in [6.07, 6.45) is -0.594. The van der Waals surface area contributed by atoms with Gasteiger partial charge in [-0.05, 0) is 12.5 Å². The topological polar surface area (TPSA) is 38.3 Å². The lowest BCUT2D eigenvalue weighted by Gasteiger charge is -2.10. The summed E-state index contributed by atoms with van der Waals surface area (Å²) in [6, 6.07) is 8.81. The molecule has 1 aromatic carbocycles. The number of nitrogens with one attached hydrogen (secondary N) is 1. The second kappa shape index (κ2) is 6.01. The summed E-state index contributed by atoms with van der Waals surface area (Å²) in [5, 5.41) is 2.36. The Balaban J connectivity index is 2.29. The van der Waals surface area contributed by atoms with Gasteiger partial charge < -0.3 is 10.1 Å². The summed E-state index contributed by atoms with van der Waals surface area (Å²) in [7, 11) is 0. The highest BCUT2D eigenvalue weighted by Crippen LogP contribution is 2.00. The molecule has 0 heterocycles. The van der Waals surface area contributed by atoms with E-state index in [9.17, 15) is 9.18 Å². The first-order valence-corrected chi connectivity index (χ1v) is 4.75. The lowest BCUT2D eigenvalue weighted by molar-refractivity contribution is 0.134. The Morgan fingerprint density at radius 1 is 1.47 bits per heavy atom. The van der Waals surface area contributed by atoms with E-state index in [0.29, 0.717) is 0 Å². The second-order valence-electron chi connectivity index (χ2n) is 3.26. The van der Waals surface area contributed by atoms with Crippen LogP contribution in [0.5, 0.6) is 0 Å². The molecule has 0 aliphatic carbocycles. The summed E-state index contributed by atoms with van der Waals surface area (Å²) >= 11 is 0. The van der Waals surface area contributed by atoms with Crippen LogP contribution in [0.15, 0.2) is 30.3 Å². The van der Waals surface area contributed by atoms with Crippen molar-refractivity contribution in [1.82, 2.24) is 5.32 Å². The van der Waals surface area contributed by atoms with E-state index in [2.05, 4.69) is 5.32 Å². The fraction of sp³-hybridized carbons (Fsp3) is 0.364. The quantitative estimate of drug-likeness (QED) is 0.829. The molecule has 0 fully saturated rings. The molecule has 0 saturated carbocycles. The first-order valence-electron chi connectivity index (χ1n) is 4.75. The van der Waals surface area contributed by atoms with Gasteiger partial charge >= 0.3 is 6.09 Å². The molecule has 0 aliphatic heterocycles. The van der Waals surface area contributed by atoms with Gasteiger partial charge in [0.1, 0.15) is 13.3 Å². The van der Waals surface area contributed by atoms with Gasteiger partial charge in [-0.25, -0.2) is 9.18 Å². The van der Waals surface area contributed by atoms with Crippen molar-refractivity contribution in [2.24, 2.45) is 0 Å². The second-order valence-corrected chi connectivity index (χ2v) is 3.26. The normalized spacial score (nSPS) is 11.9. The van der Waals surface area contributed by atoms with E-state index in [-0.39, 0.29) is 6.61 Å². The molecule has 15 heavy (non-hydrogen) atoms. The predicted octanol–water partition coefficient (Wildman–Crippen LogP) is 2.27. The van der Waals surface area contributed by atoms with Gasteiger partial charge in [0.15, 0.2) is 0 Å². The highest BCUT2D eigenvalue weighted by molar-refractivity contribution is 5.67. The van der Waals surface area contributed by atoms with Crippen molar-refractivity contribution in [2.75, 3.05) is 6.67 Å². The molecule has 82 valence electrons. The van der Waals surface area contributed by atoms with E-state index in [4.69, 9.17) is 4.74 Å². The molecule has 0 unspecified atom stereocenters. The van der Waals surface area contributed by atoms with Gasteiger partial charge in [-0.3, -0.25) is 0 Å². The highest BCUT2D eigenvalue weighted by Gasteiger charge is 2.07. The zero-order valence-corrected chi connectivity index (χ0v) is 8.57. The van der Waals surface area contributed by atoms with Gasteiger partial charge in [-0.15, -0.1) is 0 Å². The average Bonchev–Trinajstić information content (AvgIpc) is 2.27.